The van der Waals surface area contributed by atoms with Crippen molar-refractivity contribution in [2.45, 2.75) is 50.6 Å². The fraction of sp³-hybridized carbons (Fsp3) is 0.692. The zero-order valence-corrected chi connectivity index (χ0v) is 10.4. The van der Waals surface area contributed by atoms with Crippen LogP contribution in [0, 0.1) is 5.92 Å². The molecule has 0 aliphatic heterocycles. The van der Waals surface area contributed by atoms with Gasteiger partial charge in [-0.3, -0.25) is 4.79 Å². The molecule has 5 heteroatoms. The third-order valence-corrected chi connectivity index (χ3v) is 3.72. The molecule has 2 aliphatic carbocycles. The monoisotopic (exact) mass is 252 g/mol. The fourth-order valence-electron chi connectivity index (χ4n) is 2.67. The van der Waals surface area contributed by atoms with Gasteiger partial charge in [0.1, 0.15) is 0 Å². The Kier molecular flexibility index (Phi) is 4.23. The average Bonchev–Trinajstić information content (AvgIpc) is 2.78. The predicted octanol–water partition coefficient (Wildman–Crippen LogP) is 1.65. The topological polar surface area (TPSA) is 78.4 Å². The Labute approximate surface area is 107 Å². The third-order valence-electron chi connectivity index (χ3n) is 3.72. The Bertz CT molecular complexity index is 354. The highest BCUT2D eigenvalue weighted by molar-refractivity contribution is 5.75. The van der Waals surface area contributed by atoms with E-state index in [1.807, 2.05) is 0 Å². The zero-order valence-electron chi connectivity index (χ0n) is 10.4. The van der Waals surface area contributed by atoms with Crippen LogP contribution in [-0.2, 0) is 4.79 Å². The second-order valence-corrected chi connectivity index (χ2v) is 5.14. The summed E-state index contributed by atoms with van der Waals surface area (Å²) in [5, 5.41) is 14.7. The molecule has 0 aromatic rings. The van der Waals surface area contributed by atoms with Crippen LogP contribution in [0.25, 0.3) is 0 Å². The van der Waals surface area contributed by atoms with Gasteiger partial charge >= 0.3 is 12.0 Å². The maximum atomic E-state index is 11.8. The minimum Gasteiger partial charge on any atom is -0.481 e. The van der Waals surface area contributed by atoms with Gasteiger partial charge in [0, 0.05) is 12.1 Å². The van der Waals surface area contributed by atoms with Gasteiger partial charge < -0.3 is 15.7 Å². The zero-order chi connectivity index (χ0) is 13.0. The Hall–Kier alpha value is -1.52. The molecule has 2 aliphatic rings. The van der Waals surface area contributed by atoms with E-state index in [4.69, 9.17) is 5.11 Å². The number of allylic oxidation sites excluding steroid dienone is 1. The SMILES string of the molecule is O=C(NC1CC=CCC1)N[C@H]1CC[C@@H](C(=O)O)C1. The lowest BCUT2D eigenvalue weighted by Crippen LogP contribution is -2.45. The summed E-state index contributed by atoms with van der Waals surface area (Å²) in [4.78, 5) is 22.6. The van der Waals surface area contributed by atoms with Crippen LogP contribution in [0.3, 0.4) is 0 Å². The lowest BCUT2D eigenvalue weighted by molar-refractivity contribution is -0.141. The normalized spacial score (nSPS) is 31.0. The molecule has 100 valence electrons. The second kappa shape index (κ2) is 5.89. The maximum Gasteiger partial charge on any atom is 0.315 e. The van der Waals surface area contributed by atoms with Gasteiger partial charge in [-0.2, -0.15) is 0 Å². The summed E-state index contributed by atoms with van der Waals surface area (Å²) >= 11 is 0. The van der Waals surface area contributed by atoms with Gasteiger partial charge in [-0.15, -0.1) is 0 Å². The number of carbonyl (C=O) groups is 2. The number of carboxylic acids is 1. The molecule has 0 aromatic heterocycles. The molecule has 1 fully saturated rings. The number of rotatable bonds is 3. The minimum atomic E-state index is -0.753. The van der Waals surface area contributed by atoms with Crippen LogP contribution < -0.4 is 10.6 Å². The molecule has 0 radical (unpaired) electrons. The Morgan fingerprint density at radius 3 is 2.44 bits per heavy atom. The molecule has 0 bridgehead atoms. The summed E-state index contributed by atoms with van der Waals surface area (Å²) in [7, 11) is 0. The number of hydrogen-bond acceptors (Lipinski definition) is 2. The molecule has 0 heterocycles. The first kappa shape index (κ1) is 12.9. The summed E-state index contributed by atoms with van der Waals surface area (Å²) in [6.07, 6.45) is 9.06. The van der Waals surface area contributed by atoms with Crippen molar-refractivity contribution >= 4 is 12.0 Å². The first-order chi connectivity index (χ1) is 8.65. The van der Waals surface area contributed by atoms with Crippen molar-refractivity contribution in [1.29, 1.82) is 0 Å². The molecule has 2 amide bonds. The molecule has 18 heavy (non-hydrogen) atoms. The molecule has 1 saturated carbocycles. The van der Waals surface area contributed by atoms with Crippen LogP contribution >= 0.6 is 0 Å². The summed E-state index contributed by atoms with van der Waals surface area (Å²) in [6.45, 7) is 0. The molecule has 0 aromatic carbocycles. The summed E-state index contributed by atoms with van der Waals surface area (Å²) in [5.74, 6) is -1.05. The third kappa shape index (κ3) is 3.48. The van der Waals surface area contributed by atoms with E-state index in [2.05, 4.69) is 22.8 Å². The van der Waals surface area contributed by atoms with Crippen LogP contribution in [0.4, 0.5) is 4.79 Å². The highest BCUT2D eigenvalue weighted by Crippen LogP contribution is 2.25. The summed E-state index contributed by atoms with van der Waals surface area (Å²) in [5.41, 5.74) is 0. The van der Waals surface area contributed by atoms with E-state index in [-0.39, 0.29) is 24.0 Å². The van der Waals surface area contributed by atoms with E-state index in [9.17, 15) is 9.59 Å². The Morgan fingerprint density at radius 1 is 1.06 bits per heavy atom. The van der Waals surface area contributed by atoms with Crippen LogP contribution in [0.15, 0.2) is 12.2 Å². The summed E-state index contributed by atoms with van der Waals surface area (Å²) in [6, 6.07) is 0.0586. The average molecular weight is 252 g/mol. The van der Waals surface area contributed by atoms with Crippen molar-refractivity contribution in [3.8, 4) is 0 Å². The van der Waals surface area contributed by atoms with Crippen molar-refractivity contribution < 1.29 is 14.7 Å². The van der Waals surface area contributed by atoms with Crippen LogP contribution in [0.2, 0.25) is 0 Å². The van der Waals surface area contributed by atoms with Crippen molar-refractivity contribution in [2.24, 2.45) is 5.92 Å². The molecular formula is C13H20N2O3. The predicted molar refractivity (Wildman–Crippen MR) is 67.2 cm³/mol. The lowest BCUT2D eigenvalue weighted by atomic mass is 10.0. The van der Waals surface area contributed by atoms with E-state index in [1.54, 1.807) is 0 Å². The highest BCUT2D eigenvalue weighted by Gasteiger charge is 2.30. The number of aliphatic carboxylic acids is 1. The van der Waals surface area contributed by atoms with Crippen molar-refractivity contribution in [3.05, 3.63) is 12.2 Å². The van der Waals surface area contributed by atoms with E-state index in [0.717, 1.165) is 25.7 Å². The van der Waals surface area contributed by atoms with Gasteiger partial charge in [-0.05, 0) is 38.5 Å². The first-order valence-corrected chi connectivity index (χ1v) is 6.60. The summed E-state index contributed by atoms with van der Waals surface area (Å²) < 4.78 is 0. The quantitative estimate of drug-likeness (QED) is 0.668. The largest absolute Gasteiger partial charge is 0.481 e. The highest BCUT2D eigenvalue weighted by atomic mass is 16.4. The molecule has 2 rings (SSSR count). The van der Waals surface area contributed by atoms with Crippen molar-refractivity contribution in [2.75, 3.05) is 0 Å². The van der Waals surface area contributed by atoms with Gasteiger partial charge in [0.25, 0.3) is 0 Å². The van der Waals surface area contributed by atoms with Gasteiger partial charge in [0.15, 0.2) is 0 Å². The number of carboxylic acid groups (broad SMARTS) is 1. The second-order valence-electron chi connectivity index (χ2n) is 5.14. The molecule has 3 atom stereocenters. The lowest BCUT2D eigenvalue weighted by Gasteiger charge is -2.21. The Morgan fingerprint density at radius 2 is 1.83 bits per heavy atom. The number of amides is 2. The van der Waals surface area contributed by atoms with Crippen LogP contribution in [0.1, 0.15) is 38.5 Å². The smallest absolute Gasteiger partial charge is 0.315 e. The minimum absolute atomic E-state index is 0.00485. The molecule has 3 N–H and O–H groups in total. The fourth-order valence-corrected chi connectivity index (χ4v) is 2.67. The Balaban J connectivity index is 1.71. The standard InChI is InChI=1S/C13H20N2O3/c16-12(17)9-6-7-11(8-9)15-13(18)14-10-4-2-1-3-5-10/h1-2,9-11H,3-8H2,(H,16,17)(H2,14,15,18)/t9-,10?,11+/m1/s1. The number of hydrogen-bond donors (Lipinski definition) is 3. The van der Waals surface area contributed by atoms with Crippen LogP contribution in [-0.4, -0.2) is 29.2 Å². The molecule has 1 unspecified atom stereocenters. The van der Waals surface area contributed by atoms with E-state index >= 15 is 0 Å². The first-order valence-electron chi connectivity index (χ1n) is 6.60. The van der Waals surface area contributed by atoms with Crippen molar-refractivity contribution in [3.63, 3.8) is 0 Å². The van der Waals surface area contributed by atoms with E-state index in [0.29, 0.717) is 12.8 Å². The molecule has 5 nitrogen and oxygen atoms in total. The van der Waals surface area contributed by atoms with E-state index < -0.39 is 5.97 Å². The van der Waals surface area contributed by atoms with Gasteiger partial charge in [0.05, 0.1) is 5.92 Å². The number of urea groups is 1. The van der Waals surface area contributed by atoms with E-state index in [1.165, 1.54) is 0 Å². The van der Waals surface area contributed by atoms with Crippen LogP contribution in [0.5, 0.6) is 0 Å². The van der Waals surface area contributed by atoms with Crippen molar-refractivity contribution in [1.82, 2.24) is 10.6 Å². The van der Waals surface area contributed by atoms with Gasteiger partial charge in [0.2, 0.25) is 0 Å². The number of nitrogens with one attached hydrogen (secondary N) is 2. The van der Waals surface area contributed by atoms with Gasteiger partial charge in [-0.25, -0.2) is 4.79 Å². The molecule has 0 saturated heterocycles. The van der Waals surface area contributed by atoms with Gasteiger partial charge in [-0.1, -0.05) is 12.2 Å². The molecular weight excluding hydrogens is 232 g/mol. The maximum absolute atomic E-state index is 11.8. The molecule has 0 spiro atoms. The number of carbonyl (C=O) groups excluding carboxylic acids is 1.